The Morgan fingerprint density at radius 1 is 0.828 bits per heavy atom. The van der Waals surface area contributed by atoms with Crippen molar-refractivity contribution in [3.05, 3.63) is 71.4 Å². The van der Waals surface area contributed by atoms with Crippen molar-refractivity contribution < 1.29 is 4.79 Å². The Balaban J connectivity index is 1.62. The molecule has 0 aromatic heterocycles. The number of nitrogens with one attached hydrogen (secondary N) is 1. The van der Waals surface area contributed by atoms with E-state index in [1.54, 1.807) is 24.3 Å². The first kappa shape index (κ1) is 19.5. The lowest BCUT2D eigenvalue weighted by atomic mass is 10.1. The van der Waals surface area contributed by atoms with Crippen molar-refractivity contribution >= 4 is 17.3 Å². The zero-order valence-corrected chi connectivity index (χ0v) is 15.7. The van der Waals surface area contributed by atoms with Gasteiger partial charge in [-0.1, -0.05) is 18.2 Å². The van der Waals surface area contributed by atoms with Crippen LogP contribution in [0.5, 0.6) is 0 Å². The maximum Gasteiger partial charge on any atom is 0.253 e. The van der Waals surface area contributed by atoms with Crippen LogP contribution in [0.4, 0.5) is 11.4 Å². The number of nitriles is 3. The molecule has 1 amide bonds. The predicted octanol–water partition coefficient (Wildman–Crippen LogP) is 2.89. The Labute approximate surface area is 169 Å². The maximum absolute atomic E-state index is 12.5. The Kier molecular flexibility index (Phi) is 6.10. The van der Waals surface area contributed by atoms with Crippen LogP contribution in [0.15, 0.2) is 65.9 Å². The maximum atomic E-state index is 12.5. The quantitative estimate of drug-likeness (QED) is 0.815. The number of nitrogens with zero attached hydrogens (tertiary/aromatic N) is 5. The van der Waals surface area contributed by atoms with E-state index in [1.807, 2.05) is 53.4 Å². The van der Waals surface area contributed by atoms with Gasteiger partial charge in [-0.05, 0) is 36.4 Å². The van der Waals surface area contributed by atoms with Crippen LogP contribution >= 0.6 is 0 Å². The molecule has 1 fully saturated rings. The Morgan fingerprint density at radius 2 is 1.45 bits per heavy atom. The summed E-state index contributed by atoms with van der Waals surface area (Å²) in [4.78, 5) is 16.6. The molecule has 2 aromatic rings. The highest BCUT2D eigenvalue weighted by Gasteiger charge is 2.22. The van der Waals surface area contributed by atoms with Gasteiger partial charge in [-0.3, -0.25) is 4.79 Å². The molecule has 7 nitrogen and oxygen atoms in total. The first-order valence-corrected chi connectivity index (χ1v) is 9.07. The van der Waals surface area contributed by atoms with Crippen LogP contribution in [0.2, 0.25) is 0 Å². The Hall–Kier alpha value is -4.28. The van der Waals surface area contributed by atoms with Crippen molar-refractivity contribution in [1.29, 1.82) is 15.8 Å². The number of anilines is 2. The van der Waals surface area contributed by atoms with E-state index in [4.69, 9.17) is 15.8 Å². The summed E-state index contributed by atoms with van der Waals surface area (Å²) in [5.74, 6) is 0.0476. The number of benzene rings is 2. The van der Waals surface area contributed by atoms with Gasteiger partial charge in [0.1, 0.15) is 23.9 Å². The summed E-state index contributed by atoms with van der Waals surface area (Å²) in [7, 11) is 0. The number of rotatable bonds is 4. The van der Waals surface area contributed by atoms with Crippen LogP contribution in [0.25, 0.3) is 0 Å². The van der Waals surface area contributed by atoms with Crippen molar-refractivity contribution in [3.63, 3.8) is 0 Å². The molecular formula is C22H18N6O. The van der Waals surface area contributed by atoms with E-state index < -0.39 is 0 Å². The minimum Gasteiger partial charge on any atom is -0.368 e. The molecule has 1 heterocycles. The third kappa shape index (κ3) is 4.53. The van der Waals surface area contributed by atoms with Gasteiger partial charge in [0, 0.05) is 43.1 Å². The van der Waals surface area contributed by atoms with E-state index >= 15 is 0 Å². The van der Waals surface area contributed by atoms with Gasteiger partial charge in [-0.15, -0.1) is 0 Å². The molecule has 142 valence electrons. The average Bonchev–Trinajstić information content (AvgIpc) is 2.80. The number of carbonyl (C=O) groups excluding carboxylic acids is 1. The van der Waals surface area contributed by atoms with Gasteiger partial charge in [0.05, 0.1) is 0 Å². The first-order chi connectivity index (χ1) is 14.2. The zero-order valence-electron chi connectivity index (χ0n) is 15.7. The van der Waals surface area contributed by atoms with Gasteiger partial charge < -0.3 is 15.1 Å². The summed E-state index contributed by atoms with van der Waals surface area (Å²) in [6, 6.07) is 21.9. The Bertz CT molecular complexity index is 1010. The number of allylic oxidation sites excluding steroid dienone is 2. The molecule has 1 N–H and O–H groups in total. The lowest BCUT2D eigenvalue weighted by Gasteiger charge is -2.36. The summed E-state index contributed by atoms with van der Waals surface area (Å²) in [5.41, 5.74) is 2.00. The molecule has 0 unspecified atom stereocenters. The fourth-order valence-electron chi connectivity index (χ4n) is 3.11. The topological polar surface area (TPSA) is 107 Å². The molecule has 0 bridgehead atoms. The van der Waals surface area contributed by atoms with Gasteiger partial charge in [-0.25, -0.2) is 0 Å². The van der Waals surface area contributed by atoms with Gasteiger partial charge in [-0.2, -0.15) is 15.8 Å². The highest BCUT2D eigenvalue weighted by atomic mass is 16.2. The van der Waals surface area contributed by atoms with E-state index in [2.05, 4.69) is 10.2 Å². The molecule has 0 spiro atoms. The number of piperazine rings is 1. The number of carbonyl (C=O) groups is 1. The van der Waals surface area contributed by atoms with E-state index in [0.717, 1.165) is 18.8 Å². The molecule has 1 aliphatic heterocycles. The standard InChI is InChI=1S/C22H18N6O/c23-14-18(15-24)21(16-25)26-19-6-8-20(9-7-19)27-10-12-28(13-11-27)22(29)17-4-2-1-3-5-17/h1-9,26H,10-13H2. The molecule has 2 aromatic carbocycles. The fourth-order valence-corrected chi connectivity index (χ4v) is 3.11. The van der Waals surface area contributed by atoms with Crippen molar-refractivity contribution in [2.24, 2.45) is 0 Å². The van der Waals surface area contributed by atoms with E-state index in [0.29, 0.717) is 24.3 Å². The van der Waals surface area contributed by atoms with Crippen LogP contribution in [0, 0.1) is 34.0 Å². The molecule has 1 aliphatic rings. The molecule has 7 heteroatoms. The minimum atomic E-state index is -0.254. The highest BCUT2D eigenvalue weighted by molar-refractivity contribution is 5.94. The molecular weight excluding hydrogens is 364 g/mol. The third-order valence-corrected chi connectivity index (χ3v) is 4.67. The lowest BCUT2D eigenvalue weighted by Crippen LogP contribution is -2.48. The average molecular weight is 382 g/mol. The van der Waals surface area contributed by atoms with Gasteiger partial charge in [0.25, 0.3) is 5.91 Å². The summed E-state index contributed by atoms with van der Waals surface area (Å²) in [6.45, 7) is 2.73. The smallest absolute Gasteiger partial charge is 0.253 e. The molecule has 29 heavy (non-hydrogen) atoms. The SMILES string of the molecule is N#CC(C#N)=C(C#N)Nc1ccc(N2CCN(C(=O)c3ccccc3)CC2)cc1. The monoisotopic (exact) mass is 382 g/mol. The number of hydrogen-bond acceptors (Lipinski definition) is 6. The number of amides is 1. The Morgan fingerprint density at radius 3 is 2.00 bits per heavy atom. The van der Waals surface area contributed by atoms with Gasteiger partial charge in [0.15, 0.2) is 5.57 Å². The summed E-state index contributed by atoms with van der Waals surface area (Å²) in [6.07, 6.45) is 0. The van der Waals surface area contributed by atoms with Crippen molar-refractivity contribution in [2.75, 3.05) is 36.4 Å². The van der Waals surface area contributed by atoms with Crippen molar-refractivity contribution in [1.82, 2.24) is 4.90 Å². The largest absolute Gasteiger partial charge is 0.368 e. The highest BCUT2D eigenvalue weighted by Crippen LogP contribution is 2.21. The minimum absolute atomic E-state index is 0.0476. The van der Waals surface area contributed by atoms with Gasteiger partial charge in [0.2, 0.25) is 0 Å². The number of hydrogen-bond donors (Lipinski definition) is 1. The van der Waals surface area contributed by atoms with Crippen LogP contribution in [-0.4, -0.2) is 37.0 Å². The second-order valence-electron chi connectivity index (χ2n) is 6.40. The van der Waals surface area contributed by atoms with E-state index in [9.17, 15) is 4.79 Å². The molecule has 0 saturated carbocycles. The van der Waals surface area contributed by atoms with Crippen molar-refractivity contribution in [3.8, 4) is 18.2 Å². The lowest BCUT2D eigenvalue weighted by molar-refractivity contribution is 0.0747. The third-order valence-electron chi connectivity index (χ3n) is 4.67. The molecule has 3 rings (SSSR count). The van der Waals surface area contributed by atoms with Crippen LogP contribution < -0.4 is 10.2 Å². The predicted molar refractivity (Wildman–Crippen MR) is 108 cm³/mol. The normalized spacial score (nSPS) is 12.9. The van der Waals surface area contributed by atoms with Crippen molar-refractivity contribution in [2.45, 2.75) is 0 Å². The van der Waals surface area contributed by atoms with Crippen LogP contribution in [-0.2, 0) is 0 Å². The second kappa shape index (κ2) is 9.08. The van der Waals surface area contributed by atoms with Gasteiger partial charge >= 0.3 is 0 Å². The fraction of sp³-hybridized carbons (Fsp3) is 0.182. The molecule has 0 atom stereocenters. The zero-order chi connectivity index (χ0) is 20.6. The summed E-state index contributed by atoms with van der Waals surface area (Å²) < 4.78 is 0. The molecule has 1 saturated heterocycles. The van der Waals surface area contributed by atoms with E-state index in [1.165, 1.54) is 0 Å². The molecule has 0 radical (unpaired) electrons. The first-order valence-electron chi connectivity index (χ1n) is 9.07. The summed E-state index contributed by atoms with van der Waals surface area (Å²) >= 11 is 0. The summed E-state index contributed by atoms with van der Waals surface area (Å²) in [5, 5.41) is 29.7. The second-order valence-corrected chi connectivity index (χ2v) is 6.40. The van der Waals surface area contributed by atoms with Crippen LogP contribution in [0.1, 0.15) is 10.4 Å². The van der Waals surface area contributed by atoms with E-state index in [-0.39, 0.29) is 17.2 Å². The van der Waals surface area contributed by atoms with Crippen LogP contribution in [0.3, 0.4) is 0 Å². The molecule has 0 aliphatic carbocycles.